The molecule has 0 bridgehead atoms. The van der Waals surface area contributed by atoms with Gasteiger partial charge in [-0.05, 0) is 12.1 Å². The van der Waals surface area contributed by atoms with Crippen LogP contribution in [0.4, 0.5) is 0 Å². The van der Waals surface area contributed by atoms with Gasteiger partial charge in [-0.15, -0.1) is 11.3 Å². The number of hydrogen-bond acceptors (Lipinski definition) is 4. The standard InChI is InChI=1S/C16H12ClN3O3S/c17-10-4-2-1-3-9(10)12-6-11-14(24-12)15(22)20(16(23)19-11)8-5-13(21)18-7-8/h1-4,6,8H,5,7H2,(H,18,21)(H,19,23). The summed E-state index contributed by atoms with van der Waals surface area (Å²) in [5, 5.41) is 3.22. The fraction of sp³-hybridized carbons (Fsp3) is 0.188. The Labute approximate surface area is 144 Å². The molecule has 122 valence electrons. The molecular weight excluding hydrogens is 350 g/mol. The molecule has 6 nitrogen and oxygen atoms in total. The van der Waals surface area contributed by atoms with E-state index in [0.29, 0.717) is 15.2 Å². The van der Waals surface area contributed by atoms with E-state index in [2.05, 4.69) is 10.3 Å². The largest absolute Gasteiger partial charge is 0.354 e. The number of carbonyl (C=O) groups is 1. The minimum atomic E-state index is -0.502. The van der Waals surface area contributed by atoms with Gasteiger partial charge < -0.3 is 10.3 Å². The molecule has 1 aromatic carbocycles. The quantitative estimate of drug-likeness (QED) is 0.733. The lowest BCUT2D eigenvalue weighted by atomic mass is 10.2. The Balaban J connectivity index is 1.91. The number of benzene rings is 1. The molecule has 1 unspecified atom stereocenters. The van der Waals surface area contributed by atoms with Crippen molar-refractivity contribution in [2.24, 2.45) is 0 Å². The van der Waals surface area contributed by atoms with Crippen LogP contribution in [0.5, 0.6) is 0 Å². The van der Waals surface area contributed by atoms with E-state index in [4.69, 9.17) is 11.6 Å². The first kappa shape index (κ1) is 15.2. The first-order valence-electron chi connectivity index (χ1n) is 7.34. The molecule has 2 N–H and O–H groups in total. The SMILES string of the molecule is O=C1CC(n2c(=O)[nH]c3cc(-c4ccccc4Cl)sc3c2=O)CN1. The van der Waals surface area contributed by atoms with Gasteiger partial charge in [-0.1, -0.05) is 29.8 Å². The van der Waals surface area contributed by atoms with E-state index in [0.717, 1.165) is 15.0 Å². The number of carbonyl (C=O) groups excluding carboxylic acids is 1. The van der Waals surface area contributed by atoms with Crippen LogP contribution in [0.2, 0.25) is 5.02 Å². The summed E-state index contributed by atoms with van der Waals surface area (Å²) >= 11 is 7.49. The number of hydrogen-bond donors (Lipinski definition) is 2. The van der Waals surface area contributed by atoms with Crippen molar-refractivity contribution in [2.75, 3.05) is 6.54 Å². The predicted octanol–water partition coefficient (Wildman–Crippen LogP) is 2.13. The summed E-state index contributed by atoms with van der Waals surface area (Å²) < 4.78 is 1.58. The molecular formula is C16H12ClN3O3S. The van der Waals surface area contributed by atoms with E-state index >= 15 is 0 Å². The molecule has 8 heteroatoms. The molecule has 1 aliphatic rings. The first-order chi connectivity index (χ1) is 11.5. The molecule has 0 aliphatic carbocycles. The number of halogens is 1. The van der Waals surface area contributed by atoms with Crippen LogP contribution >= 0.6 is 22.9 Å². The number of rotatable bonds is 2. The van der Waals surface area contributed by atoms with Gasteiger partial charge in [-0.3, -0.25) is 14.2 Å². The lowest BCUT2D eigenvalue weighted by Gasteiger charge is -2.09. The molecule has 0 radical (unpaired) electrons. The molecule has 3 aromatic rings. The van der Waals surface area contributed by atoms with Gasteiger partial charge in [0.2, 0.25) is 5.91 Å². The number of H-pyrrole nitrogens is 1. The van der Waals surface area contributed by atoms with Crippen molar-refractivity contribution in [3.05, 3.63) is 56.2 Å². The summed E-state index contributed by atoms with van der Waals surface area (Å²) in [7, 11) is 0. The summed E-state index contributed by atoms with van der Waals surface area (Å²) in [5.74, 6) is -0.158. The van der Waals surface area contributed by atoms with Crippen LogP contribution in [0, 0.1) is 0 Å². The highest BCUT2D eigenvalue weighted by Crippen LogP contribution is 2.34. The zero-order valence-corrected chi connectivity index (χ0v) is 13.9. The minimum absolute atomic E-state index is 0.136. The second-order valence-electron chi connectivity index (χ2n) is 5.60. The third-order valence-electron chi connectivity index (χ3n) is 4.07. The predicted molar refractivity (Wildman–Crippen MR) is 93.8 cm³/mol. The molecule has 1 amide bonds. The topological polar surface area (TPSA) is 84.0 Å². The number of fused-ring (bicyclic) bond motifs is 1. The molecule has 1 atom stereocenters. The highest BCUT2D eigenvalue weighted by atomic mass is 35.5. The van der Waals surface area contributed by atoms with E-state index in [1.54, 1.807) is 12.1 Å². The van der Waals surface area contributed by atoms with Gasteiger partial charge >= 0.3 is 5.69 Å². The Morgan fingerprint density at radius 1 is 1.21 bits per heavy atom. The van der Waals surface area contributed by atoms with Gasteiger partial charge in [-0.25, -0.2) is 4.79 Å². The monoisotopic (exact) mass is 361 g/mol. The van der Waals surface area contributed by atoms with E-state index in [-0.39, 0.29) is 24.4 Å². The third-order valence-corrected chi connectivity index (χ3v) is 5.55. The smallest absolute Gasteiger partial charge is 0.329 e. The molecule has 0 spiro atoms. The van der Waals surface area contributed by atoms with Crippen molar-refractivity contribution in [1.29, 1.82) is 0 Å². The third kappa shape index (κ3) is 2.37. The second-order valence-corrected chi connectivity index (χ2v) is 7.06. The van der Waals surface area contributed by atoms with Gasteiger partial charge in [0.15, 0.2) is 0 Å². The molecule has 24 heavy (non-hydrogen) atoms. The van der Waals surface area contributed by atoms with Crippen LogP contribution in [0.25, 0.3) is 20.7 Å². The highest BCUT2D eigenvalue weighted by molar-refractivity contribution is 7.22. The number of aromatic nitrogens is 2. The van der Waals surface area contributed by atoms with E-state index < -0.39 is 11.7 Å². The van der Waals surface area contributed by atoms with Crippen LogP contribution in [0.3, 0.4) is 0 Å². The van der Waals surface area contributed by atoms with Gasteiger partial charge in [-0.2, -0.15) is 0 Å². The molecule has 1 saturated heterocycles. The summed E-state index contributed by atoms with van der Waals surface area (Å²) in [4.78, 5) is 40.0. The van der Waals surface area contributed by atoms with Crippen molar-refractivity contribution in [2.45, 2.75) is 12.5 Å². The summed E-state index contributed by atoms with van der Waals surface area (Å²) in [5.41, 5.74) is 0.416. The molecule has 3 heterocycles. The lowest BCUT2D eigenvalue weighted by Crippen LogP contribution is -2.38. The molecule has 1 fully saturated rings. The second kappa shape index (κ2) is 5.61. The number of amides is 1. The van der Waals surface area contributed by atoms with Crippen LogP contribution in [-0.4, -0.2) is 22.0 Å². The Bertz CT molecular complexity index is 1080. The number of thiophene rings is 1. The Morgan fingerprint density at radius 3 is 2.71 bits per heavy atom. The first-order valence-corrected chi connectivity index (χ1v) is 8.54. The van der Waals surface area contributed by atoms with Crippen molar-refractivity contribution < 1.29 is 4.79 Å². The van der Waals surface area contributed by atoms with Crippen LogP contribution in [-0.2, 0) is 4.79 Å². The maximum absolute atomic E-state index is 12.8. The van der Waals surface area contributed by atoms with E-state index in [1.165, 1.54) is 11.3 Å². The van der Waals surface area contributed by atoms with Gasteiger partial charge in [0, 0.05) is 28.4 Å². The van der Waals surface area contributed by atoms with Crippen molar-refractivity contribution >= 4 is 39.1 Å². The number of nitrogens with zero attached hydrogens (tertiary/aromatic N) is 1. The average Bonchev–Trinajstić information content (AvgIpc) is 3.14. The Hall–Kier alpha value is -2.38. The lowest BCUT2D eigenvalue weighted by molar-refractivity contribution is -0.119. The molecule has 4 rings (SSSR count). The zero-order chi connectivity index (χ0) is 16.8. The van der Waals surface area contributed by atoms with Gasteiger partial charge in [0.05, 0.1) is 11.6 Å². The number of nitrogens with one attached hydrogen (secondary N) is 2. The highest BCUT2D eigenvalue weighted by Gasteiger charge is 2.26. The summed E-state index contributed by atoms with van der Waals surface area (Å²) in [6.45, 7) is 0.288. The van der Waals surface area contributed by atoms with Crippen molar-refractivity contribution in [3.8, 4) is 10.4 Å². The summed E-state index contributed by atoms with van der Waals surface area (Å²) in [6.07, 6.45) is 0.136. The van der Waals surface area contributed by atoms with E-state index in [9.17, 15) is 14.4 Å². The molecule has 2 aromatic heterocycles. The number of aromatic amines is 1. The van der Waals surface area contributed by atoms with Crippen LogP contribution in [0.1, 0.15) is 12.5 Å². The van der Waals surface area contributed by atoms with Crippen molar-refractivity contribution in [3.63, 3.8) is 0 Å². The van der Waals surface area contributed by atoms with Crippen molar-refractivity contribution in [1.82, 2.24) is 14.9 Å². The minimum Gasteiger partial charge on any atom is -0.354 e. The van der Waals surface area contributed by atoms with Crippen LogP contribution in [0.15, 0.2) is 39.9 Å². The molecule has 0 saturated carbocycles. The maximum Gasteiger partial charge on any atom is 0.329 e. The zero-order valence-electron chi connectivity index (χ0n) is 12.3. The van der Waals surface area contributed by atoms with Gasteiger partial charge in [0.1, 0.15) is 4.70 Å². The Morgan fingerprint density at radius 2 is 2.00 bits per heavy atom. The fourth-order valence-corrected chi connectivity index (χ4v) is 4.30. The van der Waals surface area contributed by atoms with Crippen LogP contribution < -0.4 is 16.6 Å². The normalized spacial score (nSPS) is 17.4. The average molecular weight is 362 g/mol. The fourth-order valence-electron chi connectivity index (χ4n) is 2.92. The van der Waals surface area contributed by atoms with Gasteiger partial charge in [0.25, 0.3) is 5.56 Å². The maximum atomic E-state index is 12.8. The summed E-state index contributed by atoms with van der Waals surface area (Å²) in [6, 6.07) is 8.64. The van der Waals surface area contributed by atoms with E-state index in [1.807, 2.05) is 18.2 Å². The Kier molecular flexibility index (Phi) is 3.54. The molecule has 1 aliphatic heterocycles.